The number of thiocarbonyl (C=S) groups is 1. The third-order valence-electron chi connectivity index (χ3n) is 3.91. The molecule has 0 aromatic rings. The Balaban J connectivity index is 1.92. The van der Waals surface area contributed by atoms with E-state index in [1.54, 1.807) is 4.31 Å². The van der Waals surface area contributed by atoms with Crippen LogP contribution in [0.5, 0.6) is 0 Å². The Morgan fingerprint density at radius 3 is 2.32 bits per heavy atom. The summed E-state index contributed by atoms with van der Waals surface area (Å²) >= 11 is 5.12. The fourth-order valence-electron chi connectivity index (χ4n) is 2.62. The Kier molecular flexibility index (Phi) is 4.81. The van der Waals surface area contributed by atoms with Gasteiger partial charge in [0.2, 0.25) is 10.0 Å². The van der Waals surface area contributed by atoms with Gasteiger partial charge in [0.25, 0.3) is 0 Å². The molecule has 1 aliphatic heterocycles. The Morgan fingerprint density at radius 2 is 1.89 bits per heavy atom. The van der Waals surface area contributed by atoms with Crippen molar-refractivity contribution in [1.29, 1.82) is 0 Å². The standard InChI is InChI=1S/C12H23N3O2S2/c1-2-3-11(12(13)18)14-6-8-15(9-7-14)19(16,17)10-4-5-10/h10-11H,2-9H2,1H3,(H2,13,18). The largest absolute Gasteiger partial charge is 0.392 e. The predicted octanol–water partition coefficient (Wildman–Crippen LogP) is 0.551. The van der Waals surface area contributed by atoms with Crippen molar-refractivity contribution in [3.63, 3.8) is 0 Å². The molecule has 0 radical (unpaired) electrons. The second kappa shape index (κ2) is 6.03. The van der Waals surface area contributed by atoms with Crippen molar-refractivity contribution in [2.24, 2.45) is 5.73 Å². The van der Waals surface area contributed by atoms with E-state index in [0.717, 1.165) is 38.8 Å². The van der Waals surface area contributed by atoms with E-state index in [2.05, 4.69) is 11.8 Å². The first kappa shape index (κ1) is 15.2. The van der Waals surface area contributed by atoms with Crippen LogP contribution >= 0.6 is 12.2 Å². The molecule has 5 nitrogen and oxygen atoms in total. The number of rotatable bonds is 6. The molecule has 1 saturated heterocycles. The molecule has 2 aliphatic rings. The summed E-state index contributed by atoms with van der Waals surface area (Å²) in [5, 5.41) is -0.110. The van der Waals surface area contributed by atoms with Gasteiger partial charge in [-0.15, -0.1) is 0 Å². The van der Waals surface area contributed by atoms with Gasteiger partial charge < -0.3 is 5.73 Å². The lowest BCUT2D eigenvalue weighted by Crippen LogP contribution is -2.55. The van der Waals surface area contributed by atoms with Crippen LogP contribution in [0.2, 0.25) is 0 Å². The van der Waals surface area contributed by atoms with Crippen molar-refractivity contribution in [3.8, 4) is 0 Å². The maximum absolute atomic E-state index is 12.1. The number of nitrogens with zero attached hydrogens (tertiary/aromatic N) is 2. The van der Waals surface area contributed by atoms with Gasteiger partial charge in [-0.3, -0.25) is 4.90 Å². The highest BCUT2D eigenvalue weighted by molar-refractivity contribution is 7.90. The lowest BCUT2D eigenvalue weighted by Gasteiger charge is -2.38. The minimum absolute atomic E-state index is 0.110. The molecule has 1 saturated carbocycles. The van der Waals surface area contributed by atoms with Crippen LogP contribution in [0, 0.1) is 0 Å². The second-order valence-corrected chi connectivity index (χ2v) is 8.07. The number of nitrogens with two attached hydrogens (primary N) is 1. The highest BCUT2D eigenvalue weighted by Gasteiger charge is 2.41. The number of hydrogen-bond acceptors (Lipinski definition) is 4. The van der Waals surface area contributed by atoms with Gasteiger partial charge in [0.15, 0.2) is 0 Å². The minimum atomic E-state index is -3.03. The summed E-state index contributed by atoms with van der Waals surface area (Å²) in [4.78, 5) is 2.76. The van der Waals surface area contributed by atoms with Crippen LogP contribution in [-0.2, 0) is 10.0 Å². The molecule has 2 N–H and O–H groups in total. The van der Waals surface area contributed by atoms with Crippen LogP contribution in [0.15, 0.2) is 0 Å². The highest BCUT2D eigenvalue weighted by Crippen LogP contribution is 2.31. The number of sulfonamides is 1. The lowest BCUT2D eigenvalue weighted by atomic mass is 10.1. The van der Waals surface area contributed by atoms with E-state index in [9.17, 15) is 8.42 Å². The van der Waals surface area contributed by atoms with Crippen molar-refractivity contribution in [1.82, 2.24) is 9.21 Å². The van der Waals surface area contributed by atoms with Gasteiger partial charge in [-0.25, -0.2) is 8.42 Å². The van der Waals surface area contributed by atoms with Gasteiger partial charge >= 0.3 is 0 Å². The summed E-state index contributed by atoms with van der Waals surface area (Å²) in [6.07, 6.45) is 3.63. The SMILES string of the molecule is CCCC(C(N)=S)N1CCN(S(=O)(=O)C2CC2)CC1. The first-order chi connectivity index (χ1) is 8.96. The first-order valence-corrected chi connectivity index (χ1v) is 8.90. The average molecular weight is 305 g/mol. The van der Waals surface area contributed by atoms with Crippen LogP contribution in [0.25, 0.3) is 0 Å². The molecule has 0 spiro atoms. The number of hydrogen-bond donors (Lipinski definition) is 1. The normalized spacial score (nSPS) is 24.3. The molecule has 2 rings (SSSR count). The maximum Gasteiger partial charge on any atom is 0.217 e. The smallest absolute Gasteiger partial charge is 0.217 e. The summed E-state index contributed by atoms with van der Waals surface area (Å²) < 4.78 is 25.9. The van der Waals surface area contributed by atoms with Crippen LogP contribution in [-0.4, -0.2) is 60.1 Å². The van der Waals surface area contributed by atoms with E-state index >= 15 is 0 Å². The van der Waals surface area contributed by atoms with Crippen molar-refractivity contribution in [3.05, 3.63) is 0 Å². The molecule has 0 amide bonds. The van der Waals surface area contributed by atoms with E-state index < -0.39 is 10.0 Å². The van der Waals surface area contributed by atoms with E-state index in [1.165, 1.54) is 0 Å². The van der Waals surface area contributed by atoms with Crippen molar-refractivity contribution < 1.29 is 8.42 Å². The molecule has 1 heterocycles. The Morgan fingerprint density at radius 1 is 1.32 bits per heavy atom. The predicted molar refractivity (Wildman–Crippen MR) is 80.6 cm³/mol. The zero-order valence-corrected chi connectivity index (χ0v) is 13.0. The topological polar surface area (TPSA) is 66.6 Å². The summed E-state index contributed by atoms with van der Waals surface area (Å²) in [5.74, 6) is 0. The van der Waals surface area contributed by atoms with Crippen molar-refractivity contribution in [2.45, 2.75) is 43.9 Å². The van der Waals surface area contributed by atoms with E-state index in [-0.39, 0.29) is 11.3 Å². The molecule has 2 fully saturated rings. The van der Waals surface area contributed by atoms with Crippen molar-refractivity contribution >= 4 is 27.2 Å². The zero-order valence-electron chi connectivity index (χ0n) is 11.4. The van der Waals surface area contributed by atoms with Gasteiger partial charge in [-0.1, -0.05) is 25.6 Å². The molecule has 1 unspecified atom stereocenters. The monoisotopic (exact) mass is 305 g/mol. The van der Waals surface area contributed by atoms with E-state index in [4.69, 9.17) is 18.0 Å². The van der Waals surface area contributed by atoms with Gasteiger partial charge in [0, 0.05) is 26.2 Å². The maximum atomic E-state index is 12.1. The highest BCUT2D eigenvalue weighted by atomic mass is 32.2. The molecule has 0 aromatic heterocycles. The fourth-order valence-corrected chi connectivity index (χ4v) is 4.72. The lowest BCUT2D eigenvalue weighted by molar-refractivity contribution is 0.162. The van der Waals surface area contributed by atoms with Crippen LogP contribution in [0.1, 0.15) is 32.6 Å². The zero-order chi connectivity index (χ0) is 14.0. The van der Waals surface area contributed by atoms with E-state index in [0.29, 0.717) is 18.1 Å². The van der Waals surface area contributed by atoms with Crippen LogP contribution in [0.4, 0.5) is 0 Å². The summed E-state index contributed by atoms with van der Waals surface area (Å²) in [7, 11) is -3.03. The molecular formula is C12H23N3O2S2. The fraction of sp³-hybridized carbons (Fsp3) is 0.917. The van der Waals surface area contributed by atoms with Gasteiger partial charge in [0.05, 0.1) is 16.3 Å². The first-order valence-electron chi connectivity index (χ1n) is 6.99. The van der Waals surface area contributed by atoms with Crippen LogP contribution < -0.4 is 5.73 Å². The molecule has 1 atom stereocenters. The Labute approximate surface area is 121 Å². The third-order valence-corrected chi connectivity index (χ3v) is 6.58. The van der Waals surface area contributed by atoms with Crippen LogP contribution in [0.3, 0.4) is 0 Å². The summed E-state index contributed by atoms with van der Waals surface area (Å²) in [5.41, 5.74) is 5.79. The molecule has 0 aromatic carbocycles. The molecule has 1 aliphatic carbocycles. The Hall–Kier alpha value is -0.240. The second-order valence-electron chi connectivity index (χ2n) is 5.39. The quantitative estimate of drug-likeness (QED) is 0.726. The summed E-state index contributed by atoms with van der Waals surface area (Å²) in [6.45, 7) is 4.71. The van der Waals surface area contributed by atoms with Crippen molar-refractivity contribution in [2.75, 3.05) is 26.2 Å². The molecule has 7 heteroatoms. The third kappa shape index (κ3) is 3.45. The Bertz CT molecular complexity index is 426. The molecule has 19 heavy (non-hydrogen) atoms. The molecule has 0 bridgehead atoms. The summed E-state index contributed by atoms with van der Waals surface area (Å²) in [6, 6.07) is 0.116. The minimum Gasteiger partial charge on any atom is -0.392 e. The van der Waals surface area contributed by atoms with Gasteiger partial charge in [-0.2, -0.15) is 4.31 Å². The van der Waals surface area contributed by atoms with Gasteiger partial charge in [0.1, 0.15) is 0 Å². The van der Waals surface area contributed by atoms with E-state index in [1.807, 2.05) is 0 Å². The number of piperazine rings is 1. The molecule has 110 valence electrons. The average Bonchev–Trinajstić information content (AvgIpc) is 3.20. The molecular weight excluding hydrogens is 282 g/mol. The van der Waals surface area contributed by atoms with Gasteiger partial charge in [-0.05, 0) is 19.3 Å².